The van der Waals surface area contributed by atoms with Crippen molar-refractivity contribution in [3.63, 3.8) is 0 Å². The van der Waals surface area contributed by atoms with Crippen LogP contribution in [0.3, 0.4) is 0 Å². The van der Waals surface area contributed by atoms with E-state index in [1.165, 1.54) is 56.3 Å². The molecule has 0 atom stereocenters. The SMILES string of the molecule is CCCCN(CC)S(=O)(=O)c1ccc(C(=O)N(/N=C/c2cccs2)c2nc3ccc(OC)cc3s2)cc1. The summed E-state index contributed by atoms with van der Waals surface area (Å²) >= 11 is 2.82. The molecule has 4 rings (SSSR count). The fourth-order valence-electron chi connectivity index (χ4n) is 3.60. The zero-order valence-electron chi connectivity index (χ0n) is 20.8. The molecule has 0 N–H and O–H groups in total. The lowest BCUT2D eigenvalue weighted by Crippen LogP contribution is -2.32. The van der Waals surface area contributed by atoms with Crippen LogP contribution in [0.1, 0.15) is 41.9 Å². The van der Waals surface area contributed by atoms with Gasteiger partial charge in [-0.25, -0.2) is 13.4 Å². The van der Waals surface area contributed by atoms with Gasteiger partial charge in [0.1, 0.15) is 5.75 Å². The van der Waals surface area contributed by atoms with Crippen LogP contribution in [0, 0.1) is 0 Å². The van der Waals surface area contributed by atoms with Crippen molar-refractivity contribution in [2.24, 2.45) is 5.10 Å². The molecule has 2 heterocycles. The lowest BCUT2D eigenvalue weighted by molar-refractivity contribution is 0.0987. The molecule has 0 aliphatic heterocycles. The molecule has 11 heteroatoms. The lowest BCUT2D eigenvalue weighted by atomic mass is 10.2. The number of ether oxygens (including phenoxy) is 1. The minimum absolute atomic E-state index is 0.155. The van der Waals surface area contributed by atoms with Crippen LogP contribution in [-0.4, -0.2) is 50.0 Å². The van der Waals surface area contributed by atoms with Crippen LogP contribution in [-0.2, 0) is 10.0 Å². The summed E-state index contributed by atoms with van der Waals surface area (Å²) in [6.07, 6.45) is 3.30. The van der Waals surface area contributed by atoms with Gasteiger partial charge in [0.05, 0.1) is 28.4 Å². The highest BCUT2D eigenvalue weighted by atomic mass is 32.2. The summed E-state index contributed by atoms with van der Waals surface area (Å²) in [7, 11) is -2.05. The third-order valence-corrected chi connectivity index (χ3v) is 9.44. The van der Waals surface area contributed by atoms with Gasteiger partial charge in [0.2, 0.25) is 15.2 Å². The summed E-state index contributed by atoms with van der Waals surface area (Å²) in [5.41, 5.74) is 1.02. The van der Waals surface area contributed by atoms with Gasteiger partial charge in [0.15, 0.2) is 0 Å². The summed E-state index contributed by atoms with van der Waals surface area (Å²) in [6, 6.07) is 15.3. The number of amides is 1. The second kappa shape index (κ2) is 12.0. The highest BCUT2D eigenvalue weighted by Crippen LogP contribution is 2.32. The van der Waals surface area contributed by atoms with Crippen LogP contribution in [0.25, 0.3) is 10.2 Å². The van der Waals surface area contributed by atoms with Crippen LogP contribution in [0.4, 0.5) is 5.13 Å². The fraction of sp³-hybridized carbons (Fsp3) is 0.269. The third-order valence-electron chi connectivity index (χ3n) is 5.65. The van der Waals surface area contributed by atoms with Crippen molar-refractivity contribution in [1.29, 1.82) is 0 Å². The van der Waals surface area contributed by atoms with Crippen LogP contribution in [0.15, 0.2) is 70.0 Å². The number of methoxy groups -OCH3 is 1. The Labute approximate surface area is 224 Å². The van der Waals surface area contributed by atoms with E-state index in [1.807, 2.05) is 49.6 Å². The maximum atomic E-state index is 13.6. The second-order valence-corrected chi connectivity index (χ2v) is 12.0. The number of thiazole rings is 1. The van der Waals surface area contributed by atoms with E-state index >= 15 is 0 Å². The third kappa shape index (κ3) is 6.07. The zero-order valence-corrected chi connectivity index (χ0v) is 23.3. The first-order valence-electron chi connectivity index (χ1n) is 11.8. The van der Waals surface area contributed by atoms with Crippen LogP contribution in [0.2, 0.25) is 0 Å². The Morgan fingerprint density at radius 3 is 2.57 bits per heavy atom. The maximum absolute atomic E-state index is 13.6. The predicted octanol–water partition coefficient (Wildman–Crippen LogP) is 5.86. The molecule has 0 aliphatic rings. The van der Waals surface area contributed by atoms with E-state index in [9.17, 15) is 13.2 Å². The summed E-state index contributed by atoms with van der Waals surface area (Å²) in [5.74, 6) is 0.278. The molecule has 2 aromatic heterocycles. The average molecular weight is 557 g/mol. The number of sulfonamides is 1. The minimum atomic E-state index is -3.64. The average Bonchev–Trinajstić information content (AvgIpc) is 3.58. The molecule has 0 fully saturated rings. The Morgan fingerprint density at radius 1 is 1.14 bits per heavy atom. The normalized spacial score (nSPS) is 12.0. The molecule has 2 aromatic carbocycles. The molecule has 194 valence electrons. The number of nitrogens with zero attached hydrogens (tertiary/aromatic N) is 4. The number of rotatable bonds is 11. The van der Waals surface area contributed by atoms with E-state index in [4.69, 9.17) is 4.74 Å². The topological polar surface area (TPSA) is 92.2 Å². The molecule has 0 aliphatic carbocycles. The van der Waals surface area contributed by atoms with E-state index in [0.717, 1.165) is 27.9 Å². The molecule has 0 saturated carbocycles. The molecule has 0 spiro atoms. The standard InChI is InChI=1S/C26H28N4O4S3/c1-4-6-15-29(5-2)37(32,33)22-12-9-19(10-13-22)25(31)30(27-18-21-8-7-16-35-21)26-28-23-14-11-20(34-3)17-24(23)36-26/h7-14,16-18H,4-6,15H2,1-3H3/b27-18+. The highest BCUT2D eigenvalue weighted by molar-refractivity contribution is 7.89. The number of thiophene rings is 1. The number of aromatic nitrogens is 1. The number of hydrogen-bond acceptors (Lipinski definition) is 8. The molecule has 1 amide bonds. The molecule has 0 saturated heterocycles. The highest BCUT2D eigenvalue weighted by Gasteiger charge is 2.25. The van der Waals surface area contributed by atoms with E-state index in [2.05, 4.69) is 10.1 Å². The van der Waals surface area contributed by atoms with Crippen molar-refractivity contribution in [2.75, 3.05) is 25.2 Å². The Kier molecular flexibility index (Phi) is 8.70. The number of anilines is 1. The van der Waals surface area contributed by atoms with Crippen LogP contribution in [0.5, 0.6) is 5.75 Å². The van der Waals surface area contributed by atoms with Crippen LogP contribution >= 0.6 is 22.7 Å². The monoisotopic (exact) mass is 556 g/mol. The van der Waals surface area contributed by atoms with Gasteiger partial charge in [0.25, 0.3) is 5.91 Å². The van der Waals surface area contributed by atoms with Crippen molar-refractivity contribution < 1.29 is 17.9 Å². The Hall–Kier alpha value is -3.12. The van der Waals surface area contributed by atoms with Crippen molar-refractivity contribution in [3.8, 4) is 5.75 Å². The number of benzene rings is 2. The molecule has 37 heavy (non-hydrogen) atoms. The Morgan fingerprint density at radius 2 is 1.92 bits per heavy atom. The zero-order chi connectivity index (χ0) is 26.4. The van der Waals surface area contributed by atoms with Crippen molar-refractivity contribution >= 4 is 60.2 Å². The predicted molar refractivity (Wildman–Crippen MR) is 151 cm³/mol. The molecule has 0 unspecified atom stereocenters. The van der Waals surface area contributed by atoms with Gasteiger partial charge >= 0.3 is 0 Å². The quantitative estimate of drug-likeness (QED) is 0.170. The van der Waals surface area contributed by atoms with Crippen LogP contribution < -0.4 is 9.75 Å². The maximum Gasteiger partial charge on any atom is 0.280 e. The molecule has 0 radical (unpaired) electrons. The smallest absolute Gasteiger partial charge is 0.280 e. The van der Waals surface area contributed by atoms with Gasteiger partial charge in [-0.2, -0.15) is 14.4 Å². The summed E-state index contributed by atoms with van der Waals surface area (Å²) in [4.78, 5) is 19.2. The van der Waals surface area contributed by atoms with Gasteiger partial charge in [-0.15, -0.1) is 11.3 Å². The Bertz CT molecular complexity index is 1480. The number of fused-ring (bicyclic) bond motifs is 1. The largest absolute Gasteiger partial charge is 0.497 e. The fourth-order valence-corrected chi connectivity index (χ4v) is 6.62. The van der Waals surface area contributed by atoms with Gasteiger partial charge in [-0.3, -0.25) is 4.79 Å². The molecule has 0 bridgehead atoms. The first kappa shape index (κ1) is 26.9. The van der Waals surface area contributed by atoms with E-state index in [-0.39, 0.29) is 4.90 Å². The molecular weight excluding hydrogens is 529 g/mol. The number of unbranched alkanes of at least 4 members (excludes halogenated alkanes) is 1. The summed E-state index contributed by atoms with van der Waals surface area (Å²) < 4.78 is 33.8. The first-order valence-corrected chi connectivity index (χ1v) is 15.0. The summed E-state index contributed by atoms with van der Waals surface area (Å²) in [5, 5.41) is 8.03. The van der Waals surface area contributed by atoms with E-state index < -0.39 is 15.9 Å². The van der Waals surface area contributed by atoms with Crippen molar-refractivity contribution in [1.82, 2.24) is 9.29 Å². The molecule has 8 nitrogen and oxygen atoms in total. The number of hydrazone groups is 1. The van der Waals surface area contributed by atoms with Crippen molar-refractivity contribution in [3.05, 3.63) is 70.4 Å². The van der Waals surface area contributed by atoms with Gasteiger partial charge in [-0.1, -0.05) is 37.7 Å². The molecule has 4 aromatic rings. The van der Waals surface area contributed by atoms with E-state index in [0.29, 0.717) is 29.5 Å². The Balaban J connectivity index is 1.67. The minimum Gasteiger partial charge on any atom is -0.497 e. The number of carbonyl (C=O) groups is 1. The summed E-state index contributed by atoms with van der Waals surface area (Å²) in [6.45, 7) is 4.69. The van der Waals surface area contributed by atoms with Gasteiger partial charge in [0, 0.05) is 23.5 Å². The second-order valence-electron chi connectivity index (χ2n) is 8.08. The lowest BCUT2D eigenvalue weighted by Gasteiger charge is -2.20. The number of carbonyl (C=O) groups excluding carboxylic acids is 1. The van der Waals surface area contributed by atoms with Crippen molar-refractivity contribution in [2.45, 2.75) is 31.6 Å². The van der Waals surface area contributed by atoms with Gasteiger partial charge in [-0.05, 0) is 60.3 Å². The first-order chi connectivity index (χ1) is 17.9. The van der Waals surface area contributed by atoms with Gasteiger partial charge < -0.3 is 4.74 Å². The number of hydrogen-bond donors (Lipinski definition) is 0. The molecular formula is C26H28N4O4S3. The van der Waals surface area contributed by atoms with E-state index in [1.54, 1.807) is 13.3 Å².